The zero-order valence-electron chi connectivity index (χ0n) is 9.19. The number of nitrogens with zero attached hydrogens (tertiary/aromatic N) is 2. The summed E-state index contributed by atoms with van der Waals surface area (Å²) in [6, 6.07) is 5.44. The highest BCUT2D eigenvalue weighted by molar-refractivity contribution is 5.41. The van der Waals surface area contributed by atoms with Gasteiger partial charge in [-0.15, -0.1) is 0 Å². The second-order valence-electron chi connectivity index (χ2n) is 4.11. The Kier molecular flexibility index (Phi) is 2.31. The van der Waals surface area contributed by atoms with Crippen molar-refractivity contribution in [2.45, 2.75) is 26.7 Å². The first-order valence-corrected chi connectivity index (χ1v) is 5.08. The fourth-order valence-electron chi connectivity index (χ4n) is 1.52. The minimum Gasteiger partial charge on any atom is -0.269 e. The van der Waals surface area contributed by atoms with E-state index >= 15 is 0 Å². The molecule has 0 unspecified atom stereocenters. The summed E-state index contributed by atoms with van der Waals surface area (Å²) in [4.78, 5) is 16.2. The first-order valence-electron chi connectivity index (χ1n) is 5.08. The van der Waals surface area contributed by atoms with Crippen molar-refractivity contribution in [3.63, 3.8) is 0 Å². The Morgan fingerprint density at radius 1 is 1.33 bits per heavy atom. The highest BCUT2D eigenvalue weighted by atomic mass is 16.1. The van der Waals surface area contributed by atoms with Crippen molar-refractivity contribution in [2.75, 3.05) is 0 Å². The number of aryl methyl sites for hydroxylation is 1. The van der Waals surface area contributed by atoms with Gasteiger partial charge in [-0.25, -0.2) is 4.98 Å². The predicted octanol–water partition coefficient (Wildman–Crippen LogP) is 2.13. The Labute approximate surface area is 88.4 Å². The lowest BCUT2D eigenvalue weighted by molar-refractivity contribution is 0.811. The third-order valence-electron chi connectivity index (χ3n) is 2.43. The van der Waals surface area contributed by atoms with Crippen LogP contribution in [0.15, 0.2) is 29.2 Å². The van der Waals surface area contributed by atoms with E-state index in [9.17, 15) is 4.79 Å². The van der Waals surface area contributed by atoms with Crippen molar-refractivity contribution in [3.8, 4) is 0 Å². The molecular weight excluding hydrogens is 188 g/mol. The Morgan fingerprint density at radius 3 is 2.73 bits per heavy atom. The lowest BCUT2D eigenvalue weighted by Gasteiger charge is -2.06. The van der Waals surface area contributed by atoms with Crippen LogP contribution in [0.25, 0.3) is 5.65 Å². The van der Waals surface area contributed by atoms with E-state index in [1.54, 1.807) is 16.7 Å². The minimum absolute atomic E-state index is 0.0105. The molecule has 78 valence electrons. The third kappa shape index (κ3) is 1.77. The molecule has 3 nitrogen and oxygen atoms in total. The molecule has 0 aliphatic rings. The molecule has 0 amide bonds. The molecule has 0 saturated heterocycles. The molecule has 2 rings (SSSR count). The Bertz CT molecular complexity index is 555. The number of rotatable bonds is 1. The van der Waals surface area contributed by atoms with Gasteiger partial charge in [-0.1, -0.05) is 13.8 Å². The summed E-state index contributed by atoms with van der Waals surface area (Å²) in [7, 11) is 0. The van der Waals surface area contributed by atoms with E-state index in [-0.39, 0.29) is 11.5 Å². The second kappa shape index (κ2) is 3.50. The zero-order valence-corrected chi connectivity index (χ0v) is 9.19. The molecule has 15 heavy (non-hydrogen) atoms. The molecule has 0 N–H and O–H groups in total. The summed E-state index contributed by atoms with van der Waals surface area (Å²) in [6.45, 7) is 6.07. The third-order valence-corrected chi connectivity index (χ3v) is 2.43. The van der Waals surface area contributed by atoms with Crippen molar-refractivity contribution >= 4 is 5.65 Å². The van der Waals surface area contributed by atoms with Crippen LogP contribution >= 0.6 is 0 Å². The number of aromatic nitrogens is 2. The minimum atomic E-state index is -0.0105. The largest absolute Gasteiger partial charge is 0.269 e. The van der Waals surface area contributed by atoms with Crippen molar-refractivity contribution < 1.29 is 0 Å². The van der Waals surface area contributed by atoms with Gasteiger partial charge in [0.25, 0.3) is 5.56 Å². The molecule has 0 fully saturated rings. The topological polar surface area (TPSA) is 34.4 Å². The van der Waals surface area contributed by atoms with E-state index < -0.39 is 0 Å². The second-order valence-corrected chi connectivity index (χ2v) is 4.11. The number of hydrogen-bond donors (Lipinski definition) is 0. The van der Waals surface area contributed by atoms with Gasteiger partial charge in [0.2, 0.25) is 0 Å². The molecule has 2 aromatic heterocycles. The van der Waals surface area contributed by atoms with E-state index in [1.165, 1.54) is 0 Å². The SMILES string of the molecule is Cc1ccn2c(=O)cc(C(C)C)nc2c1. The van der Waals surface area contributed by atoms with Crippen molar-refractivity contribution in [1.82, 2.24) is 9.38 Å². The number of fused-ring (bicyclic) bond motifs is 1. The lowest BCUT2D eigenvalue weighted by atomic mass is 10.1. The molecule has 0 atom stereocenters. The maximum absolute atomic E-state index is 11.7. The molecule has 0 aliphatic heterocycles. The van der Waals surface area contributed by atoms with E-state index in [2.05, 4.69) is 4.98 Å². The van der Waals surface area contributed by atoms with E-state index in [0.717, 1.165) is 16.9 Å². The molecule has 0 aromatic carbocycles. The van der Waals surface area contributed by atoms with Crippen molar-refractivity contribution in [1.29, 1.82) is 0 Å². The molecule has 0 spiro atoms. The molecule has 0 aliphatic carbocycles. The summed E-state index contributed by atoms with van der Waals surface area (Å²) >= 11 is 0. The highest BCUT2D eigenvalue weighted by Crippen LogP contribution is 2.10. The summed E-state index contributed by atoms with van der Waals surface area (Å²) in [6.07, 6.45) is 1.77. The maximum Gasteiger partial charge on any atom is 0.258 e. The van der Waals surface area contributed by atoms with Crippen LogP contribution in [-0.2, 0) is 0 Å². The first-order chi connectivity index (χ1) is 7.08. The van der Waals surface area contributed by atoms with Crippen LogP contribution in [0.2, 0.25) is 0 Å². The van der Waals surface area contributed by atoms with Crippen LogP contribution in [0.5, 0.6) is 0 Å². The van der Waals surface area contributed by atoms with Crippen LogP contribution in [0.4, 0.5) is 0 Å². The smallest absolute Gasteiger partial charge is 0.258 e. The van der Waals surface area contributed by atoms with E-state index in [1.807, 2.05) is 32.9 Å². The van der Waals surface area contributed by atoms with Gasteiger partial charge in [0, 0.05) is 12.3 Å². The maximum atomic E-state index is 11.7. The highest BCUT2D eigenvalue weighted by Gasteiger charge is 2.05. The van der Waals surface area contributed by atoms with Crippen LogP contribution in [0.3, 0.4) is 0 Å². The monoisotopic (exact) mass is 202 g/mol. The first kappa shape index (κ1) is 9.90. The van der Waals surface area contributed by atoms with Crippen LogP contribution in [0.1, 0.15) is 31.0 Å². The molecule has 0 radical (unpaired) electrons. The van der Waals surface area contributed by atoms with Gasteiger partial charge in [0.15, 0.2) is 0 Å². The van der Waals surface area contributed by atoms with Gasteiger partial charge >= 0.3 is 0 Å². The standard InChI is InChI=1S/C12H14N2O/c1-8(2)10-7-12(15)14-5-4-9(3)6-11(14)13-10/h4-8H,1-3H3. The number of hydrogen-bond acceptors (Lipinski definition) is 2. The molecule has 2 aromatic rings. The van der Waals surface area contributed by atoms with Crippen LogP contribution < -0.4 is 5.56 Å². The van der Waals surface area contributed by atoms with Gasteiger partial charge in [-0.05, 0) is 30.5 Å². The molecule has 0 saturated carbocycles. The van der Waals surface area contributed by atoms with Crippen molar-refractivity contribution in [2.24, 2.45) is 0 Å². The molecule has 2 heterocycles. The summed E-state index contributed by atoms with van der Waals surface area (Å²) in [5.74, 6) is 0.281. The Morgan fingerprint density at radius 2 is 2.07 bits per heavy atom. The van der Waals surface area contributed by atoms with Gasteiger partial charge in [-0.3, -0.25) is 9.20 Å². The Hall–Kier alpha value is -1.64. The Balaban J connectivity index is 2.80. The summed E-state index contributed by atoms with van der Waals surface area (Å²) < 4.78 is 1.57. The van der Waals surface area contributed by atoms with Gasteiger partial charge in [0.05, 0.1) is 5.69 Å². The summed E-state index contributed by atoms with van der Waals surface area (Å²) in [5.41, 5.74) is 2.68. The molecule has 3 heteroatoms. The normalized spacial score (nSPS) is 11.2. The fourth-order valence-corrected chi connectivity index (χ4v) is 1.52. The summed E-state index contributed by atoms with van der Waals surface area (Å²) in [5, 5.41) is 0. The quantitative estimate of drug-likeness (QED) is 0.710. The average molecular weight is 202 g/mol. The average Bonchev–Trinajstić information content (AvgIpc) is 2.16. The number of pyridine rings is 1. The predicted molar refractivity (Wildman–Crippen MR) is 60.3 cm³/mol. The van der Waals surface area contributed by atoms with Gasteiger partial charge in [0.1, 0.15) is 5.65 Å². The molecular formula is C12H14N2O. The van der Waals surface area contributed by atoms with Gasteiger partial charge < -0.3 is 0 Å². The fraction of sp³-hybridized carbons (Fsp3) is 0.333. The lowest BCUT2D eigenvalue weighted by Crippen LogP contribution is -2.15. The van der Waals surface area contributed by atoms with Gasteiger partial charge in [-0.2, -0.15) is 0 Å². The van der Waals surface area contributed by atoms with Crippen LogP contribution in [-0.4, -0.2) is 9.38 Å². The molecule has 0 bridgehead atoms. The van der Waals surface area contributed by atoms with Crippen molar-refractivity contribution in [3.05, 3.63) is 46.0 Å². The van der Waals surface area contributed by atoms with Crippen LogP contribution in [0, 0.1) is 6.92 Å². The van der Waals surface area contributed by atoms with E-state index in [4.69, 9.17) is 0 Å². The zero-order chi connectivity index (χ0) is 11.0. The van der Waals surface area contributed by atoms with E-state index in [0.29, 0.717) is 0 Å².